The van der Waals surface area contributed by atoms with Crippen LogP contribution in [-0.2, 0) is 20.1 Å². The van der Waals surface area contributed by atoms with Crippen molar-refractivity contribution >= 4 is 0 Å². The van der Waals surface area contributed by atoms with E-state index in [1.54, 1.807) is 0 Å². The van der Waals surface area contributed by atoms with E-state index in [1.807, 2.05) is 19.3 Å². The fourth-order valence-corrected chi connectivity index (χ4v) is 1.25. The number of nitrogens with zero attached hydrogens (tertiary/aromatic N) is 3. The van der Waals surface area contributed by atoms with Crippen molar-refractivity contribution in [2.24, 2.45) is 7.05 Å². The first-order valence-corrected chi connectivity index (χ1v) is 4.42. The van der Waals surface area contributed by atoms with Crippen molar-refractivity contribution in [3.8, 4) is 0 Å². The molecule has 0 aliphatic rings. The van der Waals surface area contributed by atoms with Crippen LogP contribution in [0, 0.1) is 0 Å². The monoisotopic (exact) mass is 192 g/mol. The van der Waals surface area contributed by atoms with Crippen molar-refractivity contribution < 1.29 is 4.52 Å². The molecule has 0 aromatic carbocycles. The van der Waals surface area contributed by atoms with Gasteiger partial charge in [-0.05, 0) is 12.1 Å². The van der Waals surface area contributed by atoms with Gasteiger partial charge in [-0.1, -0.05) is 5.16 Å². The topological polar surface area (TPSA) is 55.9 Å². The van der Waals surface area contributed by atoms with Crippen LogP contribution in [0.2, 0.25) is 0 Å². The molecule has 14 heavy (non-hydrogen) atoms. The van der Waals surface area contributed by atoms with E-state index in [1.165, 1.54) is 12.1 Å². The maximum Gasteiger partial charge on any atom is 0.213 e. The van der Waals surface area contributed by atoms with E-state index >= 15 is 0 Å². The smallest absolute Gasteiger partial charge is 0.213 e. The number of aromatic nitrogens is 3. The number of nitrogens with one attached hydrogen (secondary N) is 1. The molecule has 0 saturated carbocycles. The van der Waals surface area contributed by atoms with Gasteiger partial charge in [-0.3, -0.25) is 0 Å². The van der Waals surface area contributed by atoms with Gasteiger partial charge in [0.05, 0.1) is 6.54 Å². The molecule has 2 aromatic rings. The van der Waals surface area contributed by atoms with Gasteiger partial charge < -0.3 is 14.4 Å². The molecule has 0 aliphatic heterocycles. The Bertz CT molecular complexity index is 379. The molecular weight excluding hydrogens is 180 g/mol. The molecule has 0 radical (unpaired) electrons. The Hall–Kier alpha value is -1.62. The van der Waals surface area contributed by atoms with Gasteiger partial charge >= 0.3 is 0 Å². The Labute approximate surface area is 81.7 Å². The normalized spacial score (nSPS) is 10.6. The van der Waals surface area contributed by atoms with E-state index in [9.17, 15) is 0 Å². The Morgan fingerprint density at radius 3 is 3.07 bits per heavy atom. The molecule has 74 valence electrons. The summed E-state index contributed by atoms with van der Waals surface area (Å²) < 4.78 is 6.69. The lowest BCUT2D eigenvalue weighted by molar-refractivity contribution is 0.407. The maximum atomic E-state index is 4.62. The highest BCUT2D eigenvalue weighted by molar-refractivity contribution is 5.05. The minimum atomic E-state index is 0.627. The molecule has 0 spiro atoms. The first kappa shape index (κ1) is 8.96. The molecule has 0 atom stereocenters. The van der Waals surface area contributed by atoms with Crippen molar-refractivity contribution in [2.75, 3.05) is 0 Å². The lowest BCUT2D eigenvalue weighted by Crippen LogP contribution is -2.15. The summed E-state index contributed by atoms with van der Waals surface area (Å²) in [6.07, 6.45) is 3.35. The fourth-order valence-electron chi connectivity index (χ4n) is 1.25. The van der Waals surface area contributed by atoms with Crippen LogP contribution in [-0.4, -0.2) is 14.7 Å². The average molecular weight is 192 g/mol. The van der Waals surface area contributed by atoms with Crippen molar-refractivity contribution in [3.63, 3.8) is 0 Å². The molecular formula is C9H12N4O. The second-order valence-corrected chi connectivity index (χ2v) is 3.06. The summed E-state index contributed by atoms with van der Waals surface area (Å²) in [7, 11) is 2.02. The second kappa shape index (κ2) is 4.06. The molecule has 0 unspecified atom stereocenters. The quantitative estimate of drug-likeness (QED) is 0.774. The predicted molar refractivity (Wildman–Crippen MR) is 50.3 cm³/mol. The third-order valence-electron chi connectivity index (χ3n) is 2.05. The third kappa shape index (κ3) is 2.00. The SMILES string of the molecule is Cn1cccc1CNCc1ncon1. The first-order valence-electron chi connectivity index (χ1n) is 4.42. The lowest BCUT2D eigenvalue weighted by Gasteiger charge is -2.03. The molecule has 0 saturated heterocycles. The highest BCUT2D eigenvalue weighted by atomic mass is 16.5. The van der Waals surface area contributed by atoms with Gasteiger partial charge in [-0.25, -0.2) is 0 Å². The van der Waals surface area contributed by atoms with Gasteiger partial charge in [0.2, 0.25) is 6.39 Å². The Morgan fingerprint density at radius 2 is 2.43 bits per heavy atom. The van der Waals surface area contributed by atoms with Gasteiger partial charge in [0.25, 0.3) is 0 Å². The summed E-state index contributed by atoms with van der Waals surface area (Å²) in [5.41, 5.74) is 1.23. The minimum absolute atomic E-state index is 0.627. The average Bonchev–Trinajstić information content (AvgIpc) is 2.78. The Morgan fingerprint density at radius 1 is 1.50 bits per heavy atom. The van der Waals surface area contributed by atoms with Gasteiger partial charge in [0, 0.05) is 25.5 Å². The Balaban J connectivity index is 1.81. The molecule has 5 heteroatoms. The lowest BCUT2D eigenvalue weighted by atomic mass is 10.4. The van der Waals surface area contributed by atoms with E-state index in [4.69, 9.17) is 0 Å². The van der Waals surface area contributed by atoms with Crippen LogP contribution in [0.3, 0.4) is 0 Å². The molecule has 2 heterocycles. The van der Waals surface area contributed by atoms with E-state index in [0.717, 1.165) is 6.54 Å². The van der Waals surface area contributed by atoms with E-state index in [0.29, 0.717) is 12.4 Å². The number of hydrogen-bond donors (Lipinski definition) is 1. The number of rotatable bonds is 4. The van der Waals surface area contributed by atoms with Crippen LogP contribution >= 0.6 is 0 Å². The zero-order valence-electron chi connectivity index (χ0n) is 7.97. The van der Waals surface area contributed by atoms with Crippen LogP contribution in [0.15, 0.2) is 29.2 Å². The zero-order chi connectivity index (χ0) is 9.80. The largest absolute Gasteiger partial charge is 0.353 e. The number of aryl methyl sites for hydroxylation is 1. The van der Waals surface area contributed by atoms with Crippen molar-refractivity contribution in [1.82, 2.24) is 20.0 Å². The zero-order valence-corrected chi connectivity index (χ0v) is 7.97. The molecule has 2 aromatic heterocycles. The van der Waals surface area contributed by atoms with Gasteiger partial charge in [0.15, 0.2) is 5.82 Å². The summed E-state index contributed by atoms with van der Waals surface area (Å²) in [5.74, 6) is 0.680. The fraction of sp³-hybridized carbons (Fsp3) is 0.333. The summed E-state index contributed by atoms with van der Waals surface area (Å²) in [5, 5.41) is 6.93. The van der Waals surface area contributed by atoms with Crippen LogP contribution < -0.4 is 5.32 Å². The van der Waals surface area contributed by atoms with Crippen LogP contribution in [0.1, 0.15) is 11.5 Å². The van der Waals surface area contributed by atoms with Crippen molar-refractivity contribution in [3.05, 3.63) is 36.2 Å². The Kier molecular flexibility index (Phi) is 2.60. The van der Waals surface area contributed by atoms with E-state index in [-0.39, 0.29) is 0 Å². The third-order valence-corrected chi connectivity index (χ3v) is 2.05. The summed E-state index contributed by atoms with van der Waals surface area (Å²) in [6, 6.07) is 4.09. The van der Waals surface area contributed by atoms with Gasteiger partial charge in [-0.15, -0.1) is 0 Å². The predicted octanol–water partition coefficient (Wildman–Crippen LogP) is 0.698. The van der Waals surface area contributed by atoms with E-state index in [2.05, 4.69) is 30.6 Å². The maximum absolute atomic E-state index is 4.62. The van der Waals surface area contributed by atoms with Gasteiger partial charge in [0.1, 0.15) is 0 Å². The molecule has 0 amide bonds. The second-order valence-electron chi connectivity index (χ2n) is 3.06. The van der Waals surface area contributed by atoms with Gasteiger partial charge in [-0.2, -0.15) is 4.98 Å². The molecule has 0 bridgehead atoms. The van der Waals surface area contributed by atoms with Crippen LogP contribution in [0.4, 0.5) is 0 Å². The highest BCUT2D eigenvalue weighted by Crippen LogP contribution is 1.98. The molecule has 2 rings (SSSR count). The van der Waals surface area contributed by atoms with Crippen molar-refractivity contribution in [2.45, 2.75) is 13.1 Å². The molecule has 0 fully saturated rings. The molecule has 1 N–H and O–H groups in total. The van der Waals surface area contributed by atoms with E-state index < -0.39 is 0 Å². The number of hydrogen-bond acceptors (Lipinski definition) is 4. The summed E-state index contributed by atoms with van der Waals surface area (Å²) >= 11 is 0. The molecule has 0 aliphatic carbocycles. The molecule has 5 nitrogen and oxygen atoms in total. The standard InChI is InChI=1S/C9H12N4O/c1-13-4-2-3-8(13)5-10-6-9-11-7-14-12-9/h2-4,7,10H,5-6H2,1H3. The minimum Gasteiger partial charge on any atom is -0.353 e. The van der Waals surface area contributed by atoms with Crippen LogP contribution in [0.25, 0.3) is 0 Å². The highest BCUT2D eigenvalue weighted by Gasteiger charge is 1.99. The summed E-state index contributed by atoms with van der Waals surface area (Å²) in [4.78, 5) is 3.91. The summed E-state index contributed by atoms with van der Waals surface area (Å²) in [6.45, 7) is 1.43. The van der Waals surface area contributed by atoms with Crippen LogP contribution in [0.5, 0.6) is 0 Å². The first-order chi connectivity index (χ1) is 6.86. The van der Waals surface area contributed by atoms with Crippen molar-refractivity contribution in [1.29, 1.82) is 0 Å².